The molecule has 5 rings (SSSR count). The number of hydrogen-bond acceptors (Lipinski definition) is 4. The van der Waals surface area contributed by atoms with E-state index in [1.54, 1.807) is 53.5 Å². The van der Waals surface area contributed by atoms with Crippen LogP contribution in [0, 0.1) is 0 Å². The van der Waals surface area contributed by atoms with Crippen molar-refractivity contribution in [3.8, 4) is 28.2 Å². The van der Waals surface area contributed by atoms with Crippen molar-refractivity contribution in [3.05, 3.63) is 125 Å². The lowest BCUT2D eigenvalue weighted by atomic mass is 10.0. The van der Waals surface area contributed by atoms with Crippen molar-refractivity contribution >= 4 is 35.1 Å². The van der Waals surface area contributed by atoms with Crippen LogP contribution in [0.5, 0.6) is 0 Å². The average Bonchev–Trinajstić information content (AvgIpc) is 3.41. The van der Waals surface area contributed by atoms with Gasteiger partial charge in [-0.05, 0) is 54.1 Å². The monoisotopic (exact) mass is 556 g/mol. The fraction of sp³-hybridized carbons (Fsp3) is 0.0667. The first kappa shape index (κ1) is 26.2. The maximum atomic E-state index is 12.9. The Morgan fingerprint density at radius 3 is 2.31 bits per heavy atom. The van der Waals surface area contributed by atoms with E-state index in [0.717, 1.165) is 22.4 Å². The Morgan fingerprint density at radius 2 is 1.64 bits per heavy atom. The van der Waals surface area contributed by atoms with Gasteiger partial charge in [-0.1, -0.05) is 65.7 Å². The van der Waals surface area contributed by atoms with E-state index in [-0.39, 0.29) is 6.42 Å². The van der Waals surface area contributed by atoms with Crippen molar-refractivity contribution in [2.24, 2.45) is 0 Å². The van der Waals surface area contributed by atoms with E-state index in [0.29, 0.717) is 27.0 Å². The maximum absolute atomic E-state index is 12.9. The van der Waals surface area contributed by atoms with E-state index in [9.17, 15) is 14.7 Å². The first-order chi connectivity index (χ1) is 18.9. The highest BCUT2D eigenvalue weighted by Crippen LogP contribution is 2.31. The van der Waals surface area contributed by atoms with Crippen LogP contribution in [0.25, 0.3) is 28.2 Å². The predicted molar refractivity (Wildman–Crippen MR) is 151 cm³/mol. The lowest BCUT2D eigenvalue weighted by Crippen LogP contribution is -2.42. The van der Waals surface area contributed by atoms with Gasteiger partial charge in [0, 0.05) is 35.5 Å². The topological polar surface area (TPSA) is 97.1 Å². The highest BCUT2D eigenvalue weighted by Gasteiger charge is 2.21. The van der Waals surface area contributed by atoms with Crippen LogP contribution < -0.4 is 5.32 Å². The lowest BCUT2D eigenvalue weighted by Gasteiger charge is -2.15. The van der Waals surface area contributed by atoms with Gasteiger partial charge in [-0.15, -0.1) is 0 Å². The van der Waals surface area contributed by atoms with Gasteiger partial charge in [0.15, 0.2) is 0 Å². The summed E-state index contributed by atoms with van der Waals surface area (Å²) in [5, 5.41) is 17.9. The quantitative estimate of drug-likeness (QED) is 0.232. The van der Waals surface area contributed by atoms with Crippen LogP contribution in [-0.2, 0) is 11.2 Å². The third-order valence-corrected chi connectivity index (χ3v) is 6.88. The summed E-state index contributed by atoms with van der Waals surface area (Å²) in [7, 11) is 0. The molecule has 2 heterocycles. The molecule has 0 saturated heterocycles. The van der Waals surface area contributed by atoms with E-state index < -0.39 is 17.9 Å². The molecule has 39 heavy (non-hydrogen) atoms. The summed E-state index contributed by atoms with van der Waals surface area (Å²) in [6, 6.07) is 25.9. The SMILES string of the molecule is O=C(N[C@@H](Cc1ccccc1)C(=O)O)c1ccc(-c2cc(-c3cccnc3)nn2-c2ccc(Cl)c(Cl)c2)cc1. The van der Waals surface area contributed by atoms with Crippen molar-refractivity contribution in [1.29, 1.82) is 0 Å². The third-order valence-electron chi connectivity index (χ3n) is 6.14. The van der Waals surface area contributed by atoms with E-state index >= 15 is 0 Å². The molecular formula is C30H22Cl2N4O3. The minimum atomic E-state index is -1.10. The zero-order chi connectivity index (χ0) is 27.4. The Kier molecular flexibility index (Phi) is 7.72. The van der Waals surface area contributed by atoms with Gasteiger partial charge in [0.1, 0.15) is 6.04 Å². The Hall–Kier alpha value is -4.46. The molecule has 7 nitrogen and oxygen atoms in total. The van der Waals surface area contributed by atoms with Gasteiger partial charge in [-0.2, -0.15) is 5.10 Å². The number of carbonyl (C=O) groups excluding carboxylic acids is 1. The van der Waals surface area contributed by atoms with Crippen molar-refractivity contribution in [3.63, 3.8) is 0 Å². The smallest absolute Gasteiger partial charge is 0.326 e. The number of benzene rings is 3. The number of amides is 1. The van der Waals surface area contributed by atoms with Gasteiger partial charge >= 0.3 is 5.97 Å². The summed E-state index contributed by atoms with van der Waals surface area (Å²) < 4.78 is 1.75. The van der Waals surface area contributed by atoms with E-state index in [1.807, 2.05) is 54.6 Å². The molecule has 9 heteroatoms. The van der Waals surface area contributed by atoms with Gasteiger partial charge in [0.2, 0.25) is 0 Å². The van der Waals surface area contributed by atoms with Crippen LogP contribution in [0.3, 0.4) is 0 Å². The van der Waals surface area contributed by atoms with Crippen LogP contribution in [0.2, 0.25) is 10.0 Å². The molecule has 5 aromatic rings. The number of rotatable bonds is 8. The fourth-order valence-corrected chi connectivity index (χ4v) is 4.43. The summed E-state index contributed by atoms with van der Waals surface area (Å²) in [4.78, 5) is 28.9. The normalized spacial score (nSPS) is 11.6. The zero-order valence-electron chi connectivity index (χ0n) is 20.5. The first-order valence-electron chi connectivity index (χ1n) is 12.0. The van der Waals surface area contributed by atoms with Crippen molar-refractivity contribution in [2.45, 2.75) is 12.5 Å². The Morgan fingerprint density at radius 1 is 0.872 bits per heavy atom. The molecule has 3 aromatic carbocycles. The number of halogens is 2. The van der Waals surface area contributed by atoms with E-state index in [1.165, 1.54) is 0 Å². The molecule has 0 aliphatic carbocycles. The molecule has 0 unspecified atom stereocenters. The number of carbonyl (C=O) groups is 2. The minimum absolute atomic E-state index is 0.181. The zero-order valence-corrected chi connectivity index (χ0v) is 22.0. The van der Waals surface area contributed by atoms with Crippen molar-refractivity contribution in [2.75, 3.05) is 0 Å². The van der Waals surface area contributed by atoms with E-state index in [2.05, 4.69) is 10.3 Å². The summed E-state index contributed by atoms with van der Waals surface area (Å²) in [5.41, 5.74) is 4.96. The van der Waals surface area contributed by atoms with Crippen molar-refractivity contribution in [1.82, 2.24) is 20.1 Å². The van der Waals surface area contributed by atoms with Gasteiger partial charge < -0.3 is 10.4 Å². The van der Waals surface area contributed by atoms with Crippen LogP contribution >= 0.6 is 23.2 Å². The van der Waals surface area contributed by atoms with E-state index in [4.69, 9.17) is 28.3 Å². The molecule has 0 aliphatic rings. The second-order valence-corrected chi connectivity index (χ2v) is 9.61. The minimum Gasteiger partial charge on any atom is -0.480 e. The second kappa shape index (κ2) is 11.5. The van der Waals surface area contributed by atoms with Gasteiger partial charge in [-0.25, -0.2) is 9.48 Å². The molecular weight excluding hydrogens is 535 g/mol. The number of nitrogens with one attached hydrogen (secondary N) is 1. The number of hydrogen-bond donors (Lipinski definition) is 2. The summed E-state index contributed by atoms with van der Waals surface area (Å²) in [6.07, 6.45) is 3.60. The average molecular weight is 557 g/mol. The molecule has 2 aromatic heterocycles. The summed E-state index contributed by atoms with van der Waals surface area (Å²) in [6.45, 7) is 0. The molecule has 0 saturated carbocycles. The fourth-order valence-electron chi connectivity index (χ4n) is 4.14. The van der Waals surface area contributed by atoms with Crippen molar-refractivity contribution < 1.29 is 14.7 Å². The molecule has 2 N–H and O–H groups in total. The highest BCUT2D eigenvalue weighted by molar-refractivity contribution is 6.42. The van der Waals surface area contributed by atoms with Gasteiger partial charge in [0.05, 0.1) is 27.1 Å². The third kappa shape index (κ3) is 6.00. The molecule has 0 radical (unpaired) electrons. The largest absolute Gasteiger partial charge is 0.480 e. The summed E-state index contributed by atoms with van der Waals surface area (Å²) in [5.74, 6) is -1.57. The Bertz CT molecular complexity index is 1620. The number of pyridine rings is 1. The molecule has 194 valence electrons. The number of aliphatic carboxylic acids is 1. The maximum Gasteiger partial charge on any atom is 0.326 e. The molecule has 0 bridgehead atoms. The Labute approximate surface area is 234 Å². The first-order valence-corrected chi connectivity index (χ1v) is 12.8. The number of nitrogens with zero attached hydrogens (tertiary/aromatic N) is 3. The number of carboxylic acid groups (broad SMARTS) is 1. The molecule has 1 atom stereocenters. The molecule has 1 amide bonds. The second-order valence-electron chi connectivity index (χ2n) is 8.80. The van der Waals surface area contributed by atoms with Crippen LogP contribution in [0.15, 0.2) is 103 Å². The number of aromatic nitrogens is 3. The molecule has 0 spiro atoms. The molecule has 0 fully saturated rings. The lowest BCUT2D eigenvalue weighted by molar-refractivity contribution is -0.139. The van der Waals surface area contributed by atoms with Crippen LogP contribution in [-0.4, -0.2) is 37.8 Å². The number of carboxylic acids is 1. The predicted octanol–water partition coefficient (Wildman–Crippen LogP) is 6.33. The van der Waals surface area contributed by atoms with Crippen LogP contribution in [0.1, 0.15) is 15.9 Å². The highest BCUT2D eigenvalue weighted by atomic mass is 35.5. The standard InChI is InChI=1S/C30H22Cl2N4O3/c31-24-13-12-23(16-25(24)32)36-28(17-26(35-36)22-7-4-14-33-18-22)20-8-10-21(11-9-20)29(37)34-27(30(38)39)15-19-5-2-1-3-6-19/h1-14,16-18,27H,15H2,(H,34,37)(H,38,39)/t27-/m0/s1. The van der Waals surface area contributed by atoms with Crippen LogP contribution in [0.4, 0.5) is 0 Å². The Balaban J connectivity index is 1.44. The molecule has 0 aliphatic heterocycles. The van der Waals surface area contributed by atoms with Gasteiger partial charge in [-0.3, -0.25) is 9.78 Å². The summed E-state index contributed by atoms with van der Waals surface area (Å²) >= 11 is 12.4. The van der Waals surface area contributed by atoms with Gasteiger partial charge in [0.25, 0.3) is 5.91 Å².